The summed E-state index contributed by atoms with van der Waals surface area (Å²) in [5.41, 5.74) is 9.10. The molecule has 1 aromatic heterocycles. The van der Waals surface area contributed by atoms with Crippen LogP contribution in [0.3, 0.4) is 0 Å². The van der Waals surface area contributed by atoms with Gasteiger partial charge in [-0.15, -0.1) is 11.3 Å². The summed E-state index contributed by atoms with van der Waals surface area (Å²) >= 11 is 1.64. The zero-order chi connectivity index (χ0) is 13.9. The molecule has 0 aliphatic heterocycles. The minimum Gasteiger partial charge on any atom is -0.397 e. The summed E-state index contributed by atoms with van der Waals surface area (Å²) in [6.45, 7) is 0. The molecule has 20 heavy (non-hydrogen) atoms. The van der Waals surface area contributed by atoms with E-state index in [0.29, 0.717) is 11.3 Å². The van der Waals surface area contributed by atoms with E-state index in [1.807, 2.05) is 53.9 Å². The van der Waals surface area contributed by atoms with E-state index in [4.69, 9.17) is 5.73 Å². The predicted molar refractivity (Wildman–Crippen MR) is 84.9 cm³/mol. The van der Waals surface area contributed by atoms with Crippen LogP contribution in [0.1, 0.15) is 11.1 Å². The Morgan fingerprint density at radius 3 is 2.45 bits per heavy atom. The predicted octanol–water partition coefficient (Wildman–Crippen LogP) is 4.25. The van der Waals surface area contributed by atoms with Crippen LogP contribution in [0.25, 0.3) is 21.4 Å². The van der Waals surface area contributed by atoms with Gasteiger partial charge in [-0.3, -0.25) is 0 Å². The third-order valence-electron chi connectivity index (χ3n) is 3.21. The van der Waals surface area contributed by atoms with E-state index in [1.165, 1.54) is 4.70 Å². The maximum Gasteiger partial charge on any atom is 0.102 e. The first-order chi connectivity index (χ1) is 9.81. The molecule has 2 N–H and O–H groups in total. The van der Waals surface area contributed by atoms with Gasteiger partial charge >= 0.3 is 0 Å². The van der Waals surface area contributed by atoms with Crippen LogP contribution in [-0.2, 0) is 0 Å². The quantitative estimate of drug-likeness (QED) is 0.711. The molecule has 96 valence electrons. The van der Waals surface area contributed by atoms with Gasteiger partial charge in [-0.1, -0.05) is 48.5 Å². The fourth-order valence-corrected chi connectivity index (χ4v) is 3.17. The van der Waals surface area contributed by atoms with Crippen molar-refractivity contribution >= 4 is 32.7 Å². The SMILES string of the molecule is N#C/C(=C(/N)c1csc2ccccc12)c1ccccc1. The first-order valence-corrected chi connectivity index (χ1v) is 7.11. The average molecular weight is 276 g/mol. The van der Waals surface area contributed by atoms with Crippen LogP contribution in [0.2, 0.25) is 0 Å². The van der Waals surface area contributed by atoms with Gasteiger partial charge in [0.15, 0.2) is 0 Å². The lowest BCUT2D eigenvalue weighted by atomic mass is 10.0. The fraction of sp³-hybridized carbons (Fsp3) is 0. The molecule has 0 aliphatic carbocycles. The molecule has 0 saturated heterocycles. The summed E-state index contributed by atoms with van der Waals surface area (Å²) in [6, 6.07) is 19.9. The first-order valence-electron chi connectivity index (χ1n) is 6.23. The van der Waals surface area contributed by atoms with Gasteiger partial charge in [-0.2, -0.15) is 5.26 Å². The maximum atomic E-state index is 9.44. The lowest BCUT2D eigenvalue weighted by Crippen LogP contribution is -1.99. The smallest absolute Gasteiger partial charge is 0.102 e. The van der Waals surface area contributed by atoms with E-state index < -0.39 is 0 Å². The minimum atomic E-state index is 0.522. The number of benzene rings is 2. The molecule has 0 fully saturated rings. The number of nitrogens with zero attached hydrogens (tertiary/aromatic N) is 1. The number of hydrogen-bond acceptors (Lipinski definition) is 3. The number of thiophene rings is 1. The molecule has 1 heterocycles. The highest BCUT2D eigenvalue weighted by molar-refractivity contribution is 7.17. The molecular formula is C17H12N2S. The Bertz CT molecular complexity index is 823. The van der Waals surface area contributed by atoms with E-state index in [9.17, 15) is 5.26 Å². The molecule has 0 spiro atoms. The zero-order valence-electron chi connectivity index (χ0n) is 10.7. The number of allylic oxidation sites excluding steroid dienone is 1. The van der Waals surface area contributed by atoms with Crippen molar-refractivity contribution in [2.45, 2.75) is 0 Å². The molecule has 2 aromatic carbocycles. The minimum absolute atomic E-state index is 0.522. The van der Waals surface area contributed by atoms with Gasteiger partial charge in [0.2, 0.25) is 0 Å². The van der Waals surface area contributed by atoms with Crippen LogP contribution in [0.5, 0.6) is 0 Å². The van der Waals surface area contributed by atoms with Crippen LogP contribution >= 0.6 is 11.3 Å². The Kier molecular flexibility index (Phi) is 3.24. The van der Waals surface area contributed by atoms with Gasteiger partial charge in [0.1, 0.15) is 6.07 Å². The second-order valence-corrected chi connectivity index (χ2v) is 5.32. The third-order valence-corrected chi connectivity index (χ3v) is 4.18. The van der Waals surface area contributed by atoms with E-state index in [1.54, 1.807) is 11.3 Å². The molecule has 2 nitrogen and oxygen atoms in total. The second kappa shape index (κ2) is 5.20. The molecule has 0 amide bonds. The van der Waals surface area contributed by atoms with Crippen molar-refractivity contribution in [2.75, 3.05) is 0 Å². The molecule has 0 unspecified atom stereocenters. The molecule has 3 aromatic rings. The van der Waals surface area contributed by atoms with Crippen molar-refractivity contribution in [1.82, 2.24) is 0 Å². The standard InChI is InChI=1S/C17H12N2S/c18-10-14(12-6-2-1-3-7-12)17(19)15-11-20-16-9-5-4-8-13(15)16/h1-9,11H,19H2/b17-14-. The van der Waals surface area contributed by atoms with Gasteiger partial charge in [-0.25, -0.2) is 0 Å². The molecular weight excluding hydrogens is 264 g/mol. The van der Waals surface area contributed by atoms with Crippen molar-refractivity contribution in [3.8, 4) is 6.07 Å². The van der Waals surface area contributed by atoms with E-state index in [0.717, 1.165) is 16.5 Å². The van der Waals surface area contributed by atoms with Crippen molar-refractivity contribution < 1.29 is 0 Å². The molecule has 3 rings (SSSR count). The highest BCUT2D eigenvalue weighted by Crippen LogP contribution is 2.32. The number of fused-ring (bicyclic) bond motifs is 1. The normalized spacial score (nSPS) is 11.9. The summed E-state index contributed by atoms with van der Waals surface area (Å²) in [4.78, 5) is 0. The second-order valence-electron chi connectivity index (χ2n) is 4.41. The first kappa shape index (κ1) is 12.5. The number of nitriles is 1. The monoisotopic (exact) mass is 276 g/mol. The lowest BCUT2D eigenvalue weighted by molar-refractivity contribution is 1.50. The van der Waals surface area contributed by atoms with Crippen LogP contribution in [0.4, 0.5) is 0 Å². The summed E-state index contributed by atoms with van der Waals surface area (Å²) < 4.78 is 1.18. The number of rotatable bonds is 2. The summed E-state index contributed by atoms with van der Waals surface area (Å²) in [5.74, 6) is 0. The zero-order valence-corrected chi connectivity index (χ0v) is 11.5. The third kappa shape index (κ3) is 2.07. The number of nitrogens with two attached hydrogens (primary N) is 1. The molecule has 0 bridgehead atoms. The van der Waals surface area contributed by atoms with E-state index >= 15 is 0 Å². The van der Waals surface area contributed by atoms with Gasteiger partial charge in [0, 0.05) is 21.0 Å². The highest BCUT2D eigenvalue weighted by Gasteiger charge is 2.12. The molecule has 3 heteroatoms. The highest BCUT2D eigenvalue weighted by atomic mass is 32.1. The van der Waals surface area contributed by atoms with Gasteiger partial charge in [-0.05, 0) is 11.6 Å². The Morgan fingerprint density at radius 2 is 1.70 bits per heavy atom. The Balaban J connectivity index is 2.22. The van der Waals surface area contributed by atoms with Gasteiger partial charge in [0.25, 0.3) is 0 Å². The van der Waals surface area contributed by atoms with E-state index in [-0.39, 0.29) is 0 Å². The van der Waals surface area contributed by atoms with Gasteiger partial charge in [0.05, 0.1) is 11.3 Å². The van der Waals surface area contributed by atoms with Crippen LogP contribution < -0.4 is 5.73 Å². The van der Waals surface area contributed by atoms with Crippen molar-refractivity contribution in [2.24, 2.45) is 5.73 Å². The van der Waals surface area contributed by atoms with Crippen molar-refractivity contribution in [3.05, 3.63) is 71.1 Å². The average Bonchev–Trinajstić information content (AvgIpc) is 2.93. The van der Waals surface area contributed by atoms with Crippen molar-refractivity contribution in [1.29, 1.82) is 5.26 Å². The Hall–Kier alpha value is -2.57. The summed E-state index contributed by atoms with van der Waals surface area (Å²) in [7, 11) is 0. The van der Waals surface area contributed by atoms with Crippen LogP contribution in [-0.4, -0.2) is 0 Å². The van der Waals surface area contributed by atoms with Gasteiger partial charge < -0.3 is 5.73 Å². The molecule has 0 aliphatic rings. The Labute approximate surface area is 121 Å². The van der Waals surface area contributed by atoms with E-state index in [2.05, 4.69) is 12.1 Å². The van der Waals surface area contributed by atoms with Crippen LogP contribution in [0.15, 0.2) is 60.0 Å². The van der Waals surface area contributed by atoms with Crippen LogP contribution in [0, 0.1) is 11.3 Å². The molecule has 0 radical (unpaired) electrons. The number of hydrogen-bond donors (Lipinski definition) is 1. The topological polar surface area (TPSA) is 49.8 Å². The summed E-state index contributed by atoms with van der Waals surface area (Å²) in [5, 5.41) is 12.5. The fourth-order valence-electron chi connectivity index (χ4n) is 2.21. The molecule has 0 atom stereocenters. The largest absolute Gasteiger partial charge is 0.397 e. The maximum absolute atomic E-state index is 9.44. The van der Waals surface area contributed by atoms with Crippen molar-refractivity contribution in [3.63, 3.8) is 0 Å². The lowest BCUT2D eigenvalue weighted by Gasteiger charge is -2.05. The molecule has 0 saturated carbocycles. The Morgan fingerprint density at radius 1 is 1.00 bits per heavy atom. The summed E-state index contributed by atoms with van der Waals surface area (Å²) in [6.07, 6.45) is 0.